The van der Waals surface area contributed by atoms with E-state index in [4.69, 9.17) is 4.42 Å². The summed E-state index contributed by atoms with van der Waals surface area (Å²) >= 11 is 0. The smallest absolute Gasteiger partial charge is 0.416 e. The van der Waals surface area contributed by atoms with Crippen LogP contribution in [0, 0.1) is 0 Å². The molecule has 2 aromatic rings. The van der Waals surface area contributed by atoms with E-state index in [-0.39, 0.29) is 12.1 Å². The molecule has 1 heterocycles. The minimum absolute atomic E-state index is 0.132. The Morgan fingerprint density at radius 1 is 1.27 bits per heavy atom. The van der Waals surface area contributed by atoms with Gasteiger partial charge < -0.3 is 9.73 Å². The second-order valence-electron chi connectivity index (χ2n) is 5.76. The minimum atomic E-state index is -4.31. The summed E-state index contributed by atoms with van der Waals surface area (Å²) in [6, 6.07) is 7.43. The molecule has 2 unspecified atom stereocenters. The molecule has 0 bridgehead atoms. The molecular formula is C17H18F3NO. The first-order chi connectivity index (χ1) is 10.4. The molecule has 0 fully saturated rings. The molecule has 1 N–H and O–H groups in total. The van der Waals surface area contributed by atoms with Gasteiger partial charge in [0, 0.05) is 24.1 Å². The molecule has 1 aliphatic carbocycles. The highest BCUT2D eigenvalue weighted by atomic mass is 19.4. The molecule has 118 valence electrons. The number of halogens is 3. The van der Waals surface area contributed by atoms with E-state index in [1.54, 1.807) is 12.3 Å². The van der Waals surface area contributed by atoms with Crippen LogP contribution in [0.4, 0.5) is 13.2 Å². The van der Waals surface area contributed by atoms with Crippen molar-refractivity contribution < 1.29 is 17.6 Å². The normalized spacial score (nSPS) is 19.7. The Morgan fingerprint density at radius 2 is 2.09 bits per heavy atom. The molecule has 22 heavy (non-hydrogen) atoms. The maximum Gasteiger partial charge on any atom is 0.416 e. The van der Waals surface area contributed by atoms with Crippen LogP contribution < -0.4 is 5.32 Å². The zero-order chi connectivity index (χ0) is 15.7. The van der Waals surface area contributed by atoms with Crippen LogP contribution in [0.2, 0.25) is 0 Å². The molecule has 5 heteroatoms. The van der Waals surface area contributed by atoms with Crippen molar-refractivity contribution >= 4 is 0 Å². The number of hydrogen-bond donors (Lipinski definition) is 1. The lowest BCUT2D eigenvalue weighted by molar-refractivity contribution is -0.137. The summed E-state index contributed by atoms with van der Waals surface area (Å²) in [5.41, 5.74) is 1.17. The summed E-state index contributed by atoms with van der Waals surface area (Å²) in [6.45, 7) is 1.89. The summed E-state index contributed by atoms with van der Waals surface area (Å²) in [5.74, 6) is 0.986. The van der Waals surface area contributed by atoms with Gasteiger partial charge in [0.05, 0.1) is 11.8 Å². The Morgan fingerprint density at radius 3 is 2.86 bits per heavy atom. The van der Waals surface area contributed by atoms with E-state index < -0.39 is 11.7 Å². The first kappa shape index (κ1) is 15.2. The second kappa shape index (κ2) is 5.80. The third-order valence-corrected chi connectivity index (χ3v) is 4.22. The topological polar surface area (TPSA) is 25.2 Å². The summed E-state index contributed by atoms with van der Waals surface area (Å²) in [5, 5.41) is 3.43. The number of alkyl halides is 3. The Kier molecular flexibility index (Phi) is 4.00. The molecule has 0 spiro atoms. The van der Waals surface area contributed by atoms with Gasteiger partial charge in [0.25, 0.3) is 0 Å². The zero-order valence-corrected chi connectivity index (χ0v) is 12.3. The maximum absolute atomic E-state index is 12.8. The van der Waals surface area contributed by atoms with Gasteiger partial charge in [0.15, 0.2) is 0 Å². The summed E-state index contributed by atoms with van der Waals surface area (Å²) in [6.07, 6.45) is 0.291. The average molecular weight is 309 g/mol. The fourth-order valence-electron chi connectivity index (χ4n) is 3.04. The number of aryl methyl sites for hydroxylation is 1. The van der Waals surface area contributed by atoms with Crippen LogP contribution in [0.3, 0.4) is 0 Å². The fraction of sp³-hybridized carbons (Fsp3) is 0.412. The molecule has 0 amide bonds. The van der Waals surface area contributed by atoms with Crippen LogP contribution in [-0.2, 0) is 12.6 Å². The molecule has 2 atom stereocenters. The van der Waals surface area contributed by atoms with Crippen molar-refractivity contribution in [3.63, 3.8) is 0 Å². The third kappa shape index (κ3) is 3.04. The third-order valence-electron chi connectivity index (χ3n) is 4.22. The molecule has 1 aromatic heterocycles. The van der Waals surface area contributed by atoms with Gasteiger partial charge >= 0.3 is 6.18 Å². The highest BCUT2D eigenvalue weighted by Gasteiger charge is 2.31. The zero-order valence-electron chi connectivity index (χ0n) is 12.3. The standard InChI is InChI=1S/C17H18F3NO/c1-11(12-4-2-5-13(10-12)17(18,19)20)21-15-6-3-7-16-14(15)8-9-22-16/h2,4-5,8-11,15,21H,3,6-7H2,1H3. The van der Waals surface area contributed by atoms with Gasteiger partial charge in [-0.25, -0.2) is 0 Å². The maximum atomic E-state index is 12.8. The van der Waals surface area contributed by atoms with E-state index in [0.717, 1.165) is 36.7 Å². The molecule has 1 aromatic carbocycles. The van der Waals surface area contributed by atoms with Crippen molar-refractivity contribution in [1.82, 2.24) is 5.32 Å². The van der Waals surface area contributed by atoms with Crippen LogP contribution in [0.1, 0.15) is 54.3 Å². The molecule has 0 saturated carbocycles. The van der Waals surface area contributed by atoms with Gasteiger partial charge in [-0.2, -0.15) is 13.2 Å². The van der Waals surface area contributed by atoms with Crippen LogP contribution in [0.25, 0.3) is 0 Å². The van der Waals surface area contributed by atoms with Crippen LogP contribution in [-0.4, -0.2) is 0 Å². The van der Waals surface area contributed by atoms with Crippen molar-refractivity contribution in [3.05, 3.63) is 59.0 Å². The van der Waals surface area contributed by atoms with E-state index in [0.29, 0.717) is 5.56 Å². The van der Waals surface area contributed by atoms with Gasteiger partial charge in [-0.3, -0.25) is 0 Å². The number of benzene rings is 1. The van der Waals surface area contributed by atoms with Crippen molar-refractivity contribution in [3.8, 4) is 0 Å². The van der Waals surface area contributed by atoms with Gasteiger partial charge in [-0.15, -0.1) is 0 Å². The van der Waals surface area contributed by atoms with E-state index in [9.17, 15) is 13.2 Å². The van der Waals surface area contributed by atoms with Crippen LogP contribution in [0.15, 0.2) is 41.0 Å². The first-order valence-electron chi connectivity index (χ1n) is 7.44. The molecule has 0 radical (unpaired) electrons. The van der Waals surface area contributed by atoms with E-state index in [1.807, 2.05) is 13.0 Å². The Balaban J connectivity index is 1.77. The van der Waals surface area contributed by atoms with Crippen molar-refractivity contribution in [2.24, 2.45) is 0 Å². The number of rotatable bonds is 3. The van der Waals surface area contributed by atoms with Crippen LogP contribution in [0.5, 0.6) is 0 Å². The SMILES string of the molecule is CC(NC1CCCc2occc21)c1cccc(C(F)(F)F)c1. The van der Waals surface area contributed by atoms with Crippen molar-refractivity contribution in [1.29, 1.82) is 0 Å². The Bertz CT molecular complexity index is 647. The summed E-state index contributed by atoms with van der Waals surface area (Å²) in [7, 11) is 0. The van der Waals surface area contributed by atoms with Gasteiger partial charge in [0.1, 0.15) is 5.76 Å². The predicted octanol–water partition coefficient (Wildman–Crippen LogP) is 5.03. The highest BCUT2D eigenvalue weighted by Crippen LogP contribution is 2.34. The summed E-state index contributed by atoms with van der Waals surface area (Å²) < 4.78 is 43.9. The van der Waals surface area contributed by atoms with E-state index in [2.05, 4.69) is 5.32 Å². The molecule has 3 rings (SSSR count). The number of hydrogen-bond acceptors (Lipinski definition) is 2. The van der Waals surface area contributed by atoms with E-state index >= 15 is 0 Å². The molecular weight excluding hydrogens is 291 g/mol. The lowest BCUT2D eigenvalue weighted by Gasteiger charge is -2.27. The second-order valence-corrected chi connectivity index (χ2v) is 5.76. The number of fused-ring (bicyclic) bond motifs is 1. The Labute approximate surface area is 127 Å². The lowest BCUT2D eigenvalue weighted by atomic mass is 9.92. The van der Waals surface area contributed by atoms with Gasteiger partial charge in [-0.1, -0.05) is 12.1 Å². The average Bonchev–Trinajstić information content (AvgIpc) is 2.96. The van der Waals surface area contributed by atoms with Crippen molar-refractivity contribution in [2.75, 3.05) is 0 Å². The van der Waals surface area contributed by atoms with Gasteiger partial charge in [0.2, 0.25) is 0 Å². The lowest BCUT2D eigenvalue weighted by Crippen LogP contribution is -2.27. The fourth-order valence-corrected chi connectivity index (χ4v) is 3.04. The van der Waals surface area contributed by atoms with E-state index in [1.165, 1.54) is 12.1 Å². The van der Waals surface area contributed by atoms with Crippen LogP contribution >= 0.6 is 0 Å². The number of nitrogens with one attached hydrogen (secondary N) is 1. The predicted molar refractivity (Wildman–Crippen MR) is 77.4 cm³/mol. The quantitative estimate of drug-likeness (QED) is 0.860. The summed E-state index contributed by atoms with van der Waals surface area (Å²) in [4.78, 5) is 0. The largest absolute Gasteiger partial charge is 0.469 e. The van der Waals surface area contributed by atoms with Crippen molar-refractivity contribution in [2.45, 2.75) is 44.4 Å². The number of furan rings is 1. The monoisotopic (exact) mass is 309 g/mol. The minimum Gasteiger partial charge on any atom is -0.469 e. The molecule has 0 aliphatic heterocycles. The molecule has 1 aliphatic rings. The molecule has 0 saturated heterocycles. The first-order valence-corrected chi connectivity index (χ1v) is 7.44. The van der Waals surface area contributed by atoms with Gasteiger partial charge in [-0.05, 0) is 43.5 Å². The Hall–Kier alpha value is -1.75. The molecule has 2 nitrogen and oxygen atoms in total. The highest BCUT2D eigenvalue weighted by molar-refractivity contribution is 5.29.